The van der Waals surface area contributed by atoms with Gasteiger partial charge >= 0.3 is 0 Å². The smallest absolute Gasteiger partial charge is 0.220 e. The number of carbonyl (C=O) groups is 1. The molecule has 30 heavy (non-hydrogen) atoms. The molecule has 3 heterocycles. The van der Waals surface area contributed by atoms with E-state index in [2.05, 4.69) is 51.9 Å². The number of piperidine rings is 2. The van der Waals surface area contributed by atoms with E-state index in [4.69, 9.17) is 4.99 Å². The first kappa shape index (κ1) is 25.4. The Kier molecular flexibility index (Phi) is 10.9. The second-order valence-corrected chi connectivity index (χ2v) is 9.32. The van der Waals surface area contributed by atoms with Gasteiger partial charge in [0.2, 0.25) is 5.91 Å². The molecule has 0 saturated carbocycles. The molecule has 2 fully saturated rings. The van der Waals surface area contributed by atoms with Gasteiger partial charge in [-0.05, 0) is 69.5 Å². The summed E-state index contributed by atoms with van der Waals surface area (Å²) in [6.45, 7) is 7.01. The minimum atomic E-state index is 0. The van der Waals surface area contributed by atoms with Crippen LogP contribution in [0, 0.1) is 11.8 Å². The first-order valence-electron chi connectivity index (χ1n) is 11.1. The van der Waals surface area contributed by atoms with Crippen LogP contribution in [0.5, 0.6) is 0 Å². The summed E-state index contributed by atoms with van der Waals surface area (Å²) in [4.78, 5) is 23.1. The maximum Gasteiger partial charge on any atom is 0.220 e. The Bertz CT molecular complexity index is 660. The first-order chi connectivity index (χ1) is 14.1. The number of thiophene rings is 1. The lowest BCUT2D eigenvalue weighted by Gasteiger charge is -2.39. The van der Waals surface area contributed by atoms with Crippen molar-refractivity contribution in [2.45, 2.75) is 45.1 Å². The molecule has 0 spiro atoms. The van der Waals surface area contributed by atoms with E-state index >= 15 is 0 Å². The van der Waals surface area contributed by atoms with Gasteiger partial charge in [0.1, 0.15) is 0 Å². The van der Waals surface area contributed by atoms with Gasteiger partial charge in [-0.3, -0.25) is 14.7 Å². The molecule has 0 aliphatic carbocycles. The monoisotopic (exact) mass is 547 g/mol. The van der Waals surface area contributed by atoms with Crippen molar-refractivity contribution in [2.75, 3.05) is 46.8 Å². The third-order valence-corrected chi connectivity index (χ3v) is 7.26. The number of nitrogens with zero attached hydrogens (tertiary/aromatic N) is 3. The molecule has 6 nitrogen and oxygen atoms in total. The Labute approximate surface area is 202 Å². The molecule has 1 amide bonds. The van der Waals surface area contributed by atoms with Crippen molar-refractivity contribution in [3.05, 3.63) is 22.4 Å². The van der Waals surface area contributed by atoms with Crippen LogP contribution in [0.25, 0.3) is 0 Å². The summed E-state index contributed by atoms with van der Waals surface area (Å²) in [5.41, 5.74) is 0. The molecule has 8 heteroatoms. The number of carbonyl (C=O) groups excluding carboxylic acids is 1. The van der Waals surface area contributed by atoms with Gasteiger partial charge in [-0.1, -0.05) is 6.07 Å². The fourth-order valence-corrected chi connectivity index (χ4v) is 5.69. The number of guanidine groups is 1. The summed E-state index contributed by atoms with van der Waals surface area (Å²) >= 11 is 1.87. The summed E-state index contributed by atoms with van der Waals surface area (Å²) in [6, 6.07) is 4.92. The lowest BCUT2D eigenvalue weighted by Crippen LogP contribution is -2.46. The molecule has 2 saturated heterocycles. The molecule has 0 aromatic carbocycles. The number of likely N-dealkylation sites (tertiary alicyclic amines) is 2. The summed E-state index contributed by atoms with van der Waals surface area (Å²) in [7, 11) is 3.97. The molecule has 170 valence electrons. The first-order valence-corrected chi connectivity index (χ1v) is 12.0. The maximum atomic E-state index is 11.7. The van der Waals surface area contributed by atoms with Crippen LogP contribution in [-0.2, 0) is 4.79 Å². The number of aliphatic imine (C=N–C) groups is 1. The van der Waals surface area contributed by atoms with Gasteiger partial charge in [0.25, 0.3) is 0 Å². The van der Waals surface area contributed by atoms with Crippen LogP contribution in [0.4, 0.5) is 0 Å². The summed E-state index contributed by atoms with van der Waals surface area (Å²) in [6.07, 6.45) is 5.25. The summed E-state index contributed by atoms with van der Waals surface area (Å²) < 4.78 is 0. The number of amides is 1. The minimum absolute atomic E-state index is 0. The predicted molar refractivity (Wildman–Crippen MR) is 137 cm³/mol. The van der Waals surface area contributed by atoms with Crippen LogP contribution in [0.2, 0.25) is 0 Å². The van der Waals surface area contributed by atoms with Crippen molar-refractivity contribution >= 4 is 47.2 Å². The van der Waals surface area contributed by atoms with Gasteiger partial charge < -0.3 is 15.5 Å². The Balaban J connectivity index is 0.00000320. The summed E-state index contributed by atoms with van der Waals surface area (Å²) in [5, 5.41) is 8.44. The van der Waals surface area contributed by atoms with E-state index in [-0.39, 0.29) is 29.9 Å². The van der Waals surface area contributed by atoms with Crippen LogP contribution in [0.15, 0.2) is 22.5 Å². The van der Waals surface area contributed by atoms with Gasteiger partial charge in [0, 0.05) is 50.6 Å². The molecule has 0 bridgehead atoms. The van der Waals surface area contributed by atoms with E-state index in [9.17, 15) is 4.79 Å². The van der Waals surface area contributed by atoms with E-state index in [1.807, 2.05) is 11.3 Å². The van der Waals surface area contributed by atoms with E-state index in [0.29, 0.717) is 24.3 Å². The molecule has 2 N–H and O–H groups in total. The highest BCUT2D eigenvalue weighted by Crippen LogP contribution is 2.37. The van der Waals surface area contributed by atoms with Gasteiger partial charge in [0.15, 0.2) is 5.96 Å². The highest BCUT2D eigenvalue weighted by molar-refractivity contribution is 14.0. The Hall–Kier alpha value is -0.870. The number of hydrogen-bond donors (Lipinski definition) is 2. The fraction of sp³-hybridized carbons (Fsp3) is 0.727. The molecule has 2 unspecified atom stereocenters. The van der Waals surface area contributed by atoms with Crippen LogP contribution >= 0.6 is 35.3 Å². The highest BCUT2D eigenvalue weighted by atomic mass is 127. The van der Waals surface area contributed by atoms with E-state index in [1.54, 1.807) is 7.05 Å². The Morgan fingerprint density at radius 3 is 2.67 bits per heavy atom. The van der Waals surface area contributed by atoms with Gasteiger partial charge in [0.05, 0.1) is 0 Å². The third-order valence-electron chi connectivity index (χ3n) is 6.32. The highest BCUT2D eigenvalue weighted by Gasteiger charge is 2.31. The molecular weight excluding hydrogens is 509 g/mol. The maximum absolute atomic E-state index is 11.7. The fourth-order valence-electron chi connectivity index (χ4n) is 4.70. The summed E-state index contributed by atoms with van der Waals surface area (Å²) in [5.74, 6) is 2.25. The zero-order chi connectivity index (χ0) is 20.6. The van der Waals surface area contributed by atoms with Crippen molar-refractivity contribution in [3.63, 3.8) is 0 Å². The number of rotatable bonds is 6. The standard InChI is InChI=1S/C22H37N5OS.HI/c1-4-24-22(27-12-9-17(10-13-27)15-20(28)23-2)25-16-18-7-5-11-26(3)21(18)19-8-6-14-29-19;/h6,8,14,17-18,21H,4-5,7,9-13,15-16H2,1-3H3,(H,23,28)(H,24,25);1H. The molecular formula is C22H38IN5OS. The van der Waals surface area contributed by atoms with Crippen molar-refractivity contribution in [3.8, 4) is 0 Å². The molecule has 2 atom stereocenters. The largest absolute Gasteiger partial charge is 0.359 e. The number of nitrogens with one attached hydrogen (secondary N) is 2. The topological polar surface area (TPSA) is 60.0 Å². The lowest BCUT2D eigenvalue weighted by molar-refractivity contribution is -0.121. The molecule has 1 aromatic heterocycles. The van der Waals surface area contributed by atoms with Crippen molar-refractivity contribution < 1.29 is 4.79 Å². The van der Waals surface area contributed by atoms with Gasteiger partial charge in [-0.15, -0.1) is 35.3 Å². The zero-order valence-corrected chi connectivity index (χ0v) is 21.7. The SMILES string of the molecule is CCNC(=NCC1CCCN(C)C1c1cccs1)N1CCC(CC(=O)NC)CC1.I. The van der Waals surface area contributed by atoms with Crippen molar-refractivity contribution in [1.82, 2.24) is 20.4 Å². The molecule has 1 aromatic rings. The molecule has 2 aliphatic heterocycles. The second kappa shape index (κ2) is 12.9. The van der Waals surface area contributed by atoms with Crippen molar-refractivity contribution in [2.24, 2.45) is 16.8 Å². The third kappa shape index (κ3) is 6.82. The van der Waals surface area contributed by atoms with E-state index in [0.717, 1.165) is 45.0 Å². The zero-order valence-electron chi connectivity index (χ0n) is 18.6. The Morgan fingerprint density at radius 1 is 1.27 bits per heavy atom. The minimum Gasteiger partial charge on any atom is -0.359 e. The van der Waals surface area contributed by atoms with Crippen molar-refractivity contribution in [1.29, 1.82) is 0 Å². The Morgan fingerprint density at radius 2 is 2.03 bits per heavy atom. The average molecular weight is 548 g/mol. The quantitative estimate of drug-likeness (QED) is 0.325. The van der Waals surface area contributed by atoms with Gasteiger partial charge in [-0.25, -0.2) is 0 Å². The van der Waals surface area contributed by atoms with Crippen LogP contribution < -0.4 is 10.6 Å². The molecule has 2 aliphatic rings. The van der Waals surface area contributed by atoms with Crippen LogP contribution in [0.3, 0.4) is 0 Å². The predicted octanol–water partition coefficient (Wildman–Crippen LogP) is 3.56. The number of halogens is 1. The van der Waals surface area contributed by atoms with E-state index in [1.165, 1.54) is 24.3 Å². The molecule has 0 radical (unpaired) electrons. The average Bonchev–Trinajstić information content (AvgIpc) is 3.26. The lowest BCUT2D eigenvalue weighted by atomic mass is 9.88. The van der Waals surface area contributed by atoms with Crippen LogP contribution in [0.1, 0.15) is 49.9 Å². The van der Waals surface area contributed by atoms with E-state index < -0.39 is 0 Å². The number of hydrogen-bond acceptors (Lipinski definition) is 4. The second-order valence-electron chi connectivity index (χ2n) is 8.35. The normalized spacial score (nSPS) is 23.7. The van der Waals surface area contributed by atoms with Crippen LogP contribution in [-0.4, -0.2) is 68.5 Å². The van der Waals surface area contributed by atoms with Gasteiger partial charge in [-0.2, -0.15) is 0 Å². The molecule has 3 rings (SSSR count).